The highest BCUT2D eigenvalue weighted by atomic mass is 35.5. The zero-order valence-electron chi connectivity index (χ0n) is 10.7. The van der Waals surface area contributed by atoms with Gasteiger partial charge in [0, 0.05) is 26.3 Å². The van der Waals surface area contributed by atoms with E-state index in [2.05, 4.69) is 21.9 Å². The molecule has 1 saturated heterocycles. The fourth-order valence-corrected chi connectivity index (χ4v) is 2.16. The van der Waals surface area contributed by atoms with E-state index in [1.165, 1.54) is 0 Å². The van der Waals surface area contributed by atoms with E-state index in [4.69, 9.17) is 21.1 Å². The summed E-state index contributed by atoms with van der Waals surface area (Å²) in [6.45, 7) is 2.44. The van der Waals surface area contributed by atoms with Gasteiger partial charge < -0.3 is 14.4 Å². The Hall–Kier alpha value is -0.910. The summed E-state index contributed by atoms with van der Waals surface area (Å²) in [7, 11) is 3.72. The molecule has 0 aliphatic carbocycles. The van der Waals surface area contributed by atoms with Gasteiger partial charge in [-0.1, -0.05) is 11.6 Å². The molecule has 0 N–H and O–H groups in total. The number of likely N-dealkylation sites (tertiary alicyclic amines) is 1. The van der Waals surface area contributed by atoms with Gasteiger partial charge in [-0.15, -0.1) is 0 Å². The summed E-state index contributed by atoms with van der Waals surface area (Å²) in [6.07, 6.45) is 2.23. The second-order valence-corrected chi connectivity index (χ2v) is 4.89. The monoisotopic (exact) mass is 271 g/mol. The number of piperidine rings is 1. The number of hydrogen-bond acceptors (Lipinski definition) is 5. The van der Waals surface area contributed by atoms with Crippen LogP contribution < -0.4 is 4.74 Å². The van der Waals surface area contributed by atoms with E-state index in [9.17, 15) is 0 Å². The topological polar surface area (TPSA) is 47.5 Å². The van der Waals surface area contributed by atoms with Gasteiger partial charge in [-0.25, -0.2) is 4.98 Å². The van der Waals surface area contributed by atoms with Gasteiger partial charge in [0.2, 0.25) is 5.88 Å². The van der Waals surface area contributed by atoms with E-state index in [1.807, 2.05) is 0 Å². The molecule has 0 bridgehead atoms. The van der Waals surface area contributed by atoms with E-state index < -0.39 is 0 Å². The maximum atomic E-state index is 5.93. The van der Waals surface area contributed by atoms with Crippen LogP contribution in [0, 0.1) is 0 Å². The van der Waals surface area contributed by atoms with Crippen LogP contribution in [-0.4, -0.2) is 48.2 Å². The highest BCUT2D eigenvalue weighted by Crippen LogP contribution is 2.19. The van der Waals surface area contributed by atoms with Gasteiger partial charge in [0.25, 0.3) is 0 Å². The lowest BCUT2D eigenvalue weighted by Crippen LogP contribution is -2.35. The van der Waals surface area contributed by atoms with Gasteiger partial charge in [0.05, 0.1) is 0 Å². The molecule has 6 heteroatoms. The summed E-state index contributed by atoms with van der Waals surface area (Å²) in [5.74, 6) is 1.09. The zero-order valence-corrected chi connectivity index (χ0v) is 11.5. The van der Waals surface area contributed by atoms with Crippen molar-refractivity contribution in [3.05, 3.63) is 17.0 Å². The molecular weight excluding hydrogens is 254 g/mol. The van der Waals surface area contributed by atoms with E-state index in [0.29, 0.717) is 23.5 Å². The van der Waals surface area contributed by atoms with Crippen LogP contribution in [-0.2, 0) is 11.3 Å². The number of aromatic nitrogens is 2. The molecule has 1 aromatic rings. The van der Waals surface area contributed by atoms with Crippen LogP contribution in [0.3, 0.4) is 0 Å². The van der Waals surface area contributed by atoms with Crippen molar-refractivity contribution in [1.29, 1.82) is 0 Å². The van der Waals surface area contributed by atoms with Gasteiger partial charge in [-0.2, -0.15) is 4.98 Å². The molecule has 5 nitrogen and oxygen atoms in total. The Morgan fingerprint density at radius 3 is 2.78 bits per heavy atom. The van der Waals surface area contributed by atoms with Crippen LogP contribution in [0.1, 0.15) is 18.7 Å². The Kier molecular flexibility index (Phi) is 4.74. The van der Waals surface area contributed by atoms with Crippen LogP contribution in [0.5, 0.6) is 5.88 Å². The smallest absolute Gasteiger partial charge is 0.218 e. The molecule has 100 valence electrons. The SMILES string of the molecule is COCc1nc(Cl)cc(OC2CCN(C)CC2)n1. The number of halogens is 1. The Bertz CT molecular complexity index is 395. The Balaban J connectivity index is 2.00. The lowest BCUT2D eigenvalue weighted by molar-refractivity contribution is 0.108. The second kappa shape index (κ2) is 6.31. The molecule has 0 atom stereocenters. The van der Waals surface area contributed by atoms with Crippen molar-refractivity contribution in [1.82, 2.24) is 14.9 Å². The molecule has 0 amide bonds. The number of methoxy groups -OCH3 is 1. The number of rotatable bonds is 4. The molecule has 1 fully saturated rings. The van der Waals surface area contributed by atoms with Crippen molar-refractivity contribution in [3.63, 3.8) is 0 Å². The predicted molar refractivity (Wildman–Crippen MR) is 68.9 cm³/mol. The Morgan fingerprint density at radius 2 is 2.11 bits per heavy atom. The van der Waals surface area contributed by atoms with Crippen molar-refractivity contribution in [2.24, 2.45) is 0 Å². The average Bonchev–Trinajstić information content (AvgIpc) is 2.32. The standard InChI is InChI=1S/C12H18ClN3O2/c1-16-5-3-9(4-6-16)18-12-7-10(13)14-11(15-12)8-17-2/h7,9H,3-6,8H2,1-2H3. The molecule has 1 aliphatic rings. The molecule has 0 saturated carbocycles. The molecule has 1 aromatic heterocycles. The first-order valence-corrected chi connectivity index (χ1v) is 6.43. The van der Waals surface area contributed by atoms with Gasteiger partial charge in [-0.05, 0) is 19.9 Å². The lowest BCUT2D eigenvalue weighted by atomic mass is 10.1. The third-order valence-electron chi connectivity index (χ3n) is 2.94. The molecule has 0 unspecified atom stereocenters. The largest absolute Gasteiger partial charge is 0.474 e. The van der Waals surface area contributed by atoms with Crippen LogP contribution >= 0.6 is 11.6 Å². The van der Waals surface area contributed by atoms with Gasteiger partial charge in [0.1, 0.15) is 17.9 Å². The fourth-order valence-electron chi connectivity index (χ4n) is 1.97. The first kappa shape index (κ1) is 13.5. The minimum Gasteiger partial charge on any atom is -0.474 e. The quantitative estimate of drug-likeness (QED) is 0.781. The summed E-state index contributed by atoms with van der Waals surface area (Å²) >= 11 is 5.93. The molecule has 0 aromatic carbocycles. The fraction of sp³-hybridized carbons (Fsp3) is 0.667. The maximum Gasteiger partial charge on any atom is 0.218 e. The van der Waals surface area contributed by atoms with Crippen molar-refractivity contribution in [3.8, 4) is 5.88 Å². The summed E-state index contributed by atoms with van der Waals surface area (Å²) in [6, 6.07) is 1.65. The van der Waals surface area contributed by atoms with Crippen molar-refractivity contribution >= 4 is 11.6 Å². The van der Waals surface area contributed by atoms with Crippen molar-refractivity contribution in [2.75, 3.05) is 27.2 Å². The number of nitrogens with zero attached hydrogens (tertiary/aromatic N) is 3. The Morgan fingerprint density at radius 1 is 1.39 bits per heavy atom. The van der Waals surface area contributed by atoms with Gasteiger partial charge >= 0.3 is 0 Å². The summed E-state index contributed by atoms with van der Waals surface area (Å²) in [5, 5.41) is 0.389. The van der Waals surface area contributed by atoms with Gasteiger partial charge in [0.15, 0.2) is 5.82 Å². The van der Waals surface area contributed by atoms with E-state index in [1.54, 1.807) is 13.2 Å². The predicted octanol–water partition coefficient (Wildman–Crippen LogP) is 1.75. The highest BCUT2D eigenvalue weighted by Gasteiger charge is 2.19. The second-order valence-electron chi connectivity index (χ2n) is 4.50. The van der Waals surface area contributed by atoms with Crippen LogP contribution in [0.2, 0.25) is 5.15 Å². The number of ether oxygens (including phenoxy) is 2. The summed E-state index contributed by atoms with van der Waals surface area (Å²) in [4.78, 5) is 10.6. The minimum absolute atomic E-state index is 0.211. The molecule has 18 heavy (non-hydrogen) atoms. The first-order valence-electron chi connectivity index (χ1n) is 6.05. The molecule has 2 heterocycles. The number of hydrogen-bond donors (Lipinski definition) is 0. The van der Waals surface area contributed by atoms with E-state index >= 15 is 0 Å². The van der Waals surface area contributed by atoms with Crippen LogP contribution in [0.15, 0.2) is 6.07 Å². The average molecular weight is 272 g/mol. The lowest BCUT2D eigenvalue weighted by Gasteiger charge is -2.28. The van der Waals surface area contributed by atoms with Gasteiger partial charge in [-0.3, -0.25) is 0 Å². The highest BCUT2D eigenvalue weighted by molar-refractivity contribution is 6.29. The normalized spacial score (nSPS) is 17.9. The summed E-state index contributed by atoms with van der Waals surface area (Å²) < 4.78 is 10.8. The van der Waals surface area contributed by atoms with E-state index in [0.717, 1.165) is 25.9 Å². The van der Waals surface area contributed by atoms with Crippen LogP contribution in [0.25, 0.3) is 0 Å². The molecule has 1 aliphatic heterocycles. The first-order chi connectivity index (χ1) is 8.67. The molecule has 0 spiro atoms. The molecular formula is C12H18ClN3O2. The van der Waals surface area contributed by atoms with Crippen molar-refractivity contribution in [2.45, 2.75) is 25.6 Å². The third-order valence-corrected chi connectivity index (χ3v) is 3.14. The molecule has 2 rings (SSSR count). The maximum absolute atomic E-state index is 5.93. The minimum atomic E-state index is 0.211. The summed E-state index contributed by atoms with van der Waals surface area (Å²) in [5.41, 5.74) is 0. The van der Waals surface area contributed by atoms with Crippen LogP contribution in [0.4, 0.5) is 0 Å². The zero-order chi connectivity index (χ0) is 13.0. The van der Waals surface area contributed by atoms with Crippen molar-refractivity contribution < 1.29 is 9.47 Å². The third kappa shape index (κ3) is 3.80. The Labute approximate surface area is 112 Å². The molecule has 0 radical (unpaired) electrons. The van der Waals surface area contributed by atoms with E-state index in [-0.39, 0.29) is 6.10 Å².